The van der Waals surface area contributed by atoms with Crippen LogP contribution >= 0.6 is 7.82 Å². The molecule has 5 nitrogen and oxygen atoms in total. The number of Topliss-reactive ketones (excluding diaryl/α,β-unsaturated/α-hetero) is 1. The molecule has 132 valence electrons. The van der Waals surface area contributed by atoms with Gasteiger partial charge < -0.3 is 4.52 Å². The zero-order valence-electron chi connectivity index (χ0n) is 14.4. The minimum absolute atomic E-state index is 0.135. The number of ketones is 1. The Morgan fingerprint density at radius 1 is 1.08 bits per heavy atom. The van der Waals surface area contributed by atoms with Crippen LogP contribution in [0.25, 0.3) is 0 Å². The lowest BCUT2D eigenvalue weighted by Crippen LogP contribution is -2.30. The van der Waals surface area contributed by atoms with Gasteiger partial charge in [-0.3, -0.25) is 13.8 Å². The summed E-state index contributed by atoms with van der Waals surface area (Å²) in [6.07, 6.45) is 6.24. The molecule has 1 spiro atoms. The van der Waals surface area contributed by atoms with E-state index in [9.17, 15) is 9.36 Å². The topological polar surface area (TPSA) is 61.8 Å². The number of hydrogen-bond acceptors (Lipinski definition) is 5. The number of phosphoric acid groups is 1. The van der Waals surface area contributed by atoms with Crippen molar-refractivity contribution in [1.29, 1.82) is 0 Å². The van der Waals surface area contributed by atoms with Crippen molar-refractivity contribution in [3.05, 3.63) is 29.3 Å². The Labute approximate surface area is 143 Å². The molecule has 2 aliphatic carbocycles. The summed E-state index contributed by atoms with van der Waals surface area (Å²) < 4.78 is 28.4. The Morgan fingerprint density at radius 2 is 1.75 bits per heavy atom. The fourth-order valence-electron chi connectivity index (χ4n) is 4.00. The van der Waals surface area contributed by atoms with E-state index in [1.54, 1.807) is 26.0 Å². The summed E-state index contributed by atoms with van der Waals surface area (Å²) in [4.78, 5) is 12.4. The molecule has 3 rings (SSSR count). The van der Waals surface area contributed by atoms with Crippen LogP contribution in [0.15, 0.2) is 18.2 Å². The number of carbonyl (C=O) groups is 1. The van der Waals surface area contributed by atoms with Gasteiger partial charge in [-0.25, -0.2) is 4.57 Å². The van der Waals surface area contributed by atoms with Crippen LogP contribution in [-0.2, 0) is 19.0 Å². The first-order valence-electron chi connectivity index (χ1n) is 8.78. The molecule has 0 unspecified atom stereocenters. The largest absolute Gasteiger partial charge is 0.530 e. The number of phosphoric ester groups is 1. The minimum atomic E-state index is -3.64. The predicted octanol–water partition coefficient (Wildman–Crippen LogP) is 5.03. The van der Waals surface area contributed by atoms with E-state index < -0.39 is 7.82 Å². The van der Waals surface area contributed by atoms with Gasteiger partial charge in [-0.15, -0.1) is 0 Å². The first-order chi connectivity index (χ1) is 11.5. The van der Waals surface area contributed by atoms with E-state index in [-0.39, 0.29) is 24.4 Å². The number of hydrogen-bond donors (Lipinski definition) is 0. The summed E-state index contributed by atoms with van der Waals surface area (Å²) in [5.41, 5.74) is 1.98. The standard InChI is InChI=1S/C18H25O5P/c1-3-21-24(20,22-4-2)23-14-7-8-16-15(13-14)17(19)9-12-18(16)10-5-6-11-18/h7-8,13H,3-6,9-12H2,1-2H3. The Bertz CT molecular complexity index is 653. The second-order valence-electron chi connectivity index (χ2n) is 6.49. The summed E-state index contributed by atoms with van der Waals surface area (Å²) in [6.45, 7) is 3.92. The molecule has 0 atom stereocenters. The van der Waals surface area contributed by atoms with Crippen LogP contribution in [0.1, 0.15) is 68.3 Å². The lowest BCUT2D eigenvalue weighted by Gasteiger charge is -2.35. The molecule has 1 saturated carbocycles. The van der Waals surface area contributed by atoms with Gasteiger partial charge in [0.15, 0.2) is 5.78 Å². The molecule has 1 aromatic rings. The first-order valence-corrected chi connectivity index (χ1v) is 10.2. The number of carbonyl (C=O) groups excluding carboxylic acids is 1. The molecule has 0 N–H and O–H groups in total. The van der Waals surface area contributed by atoms with Crippen molar-refractivity contribution in [2.45, 2.75) is 57.8 Å². The molecule has 0 amide bonds. The molecule has 0 saturated heterocycles. The second-order valence-corrected chi connectivity index (χ2v) is 8.09. The van der Waals surface area contributed by atoms with Crippen LogP contribution in [0.5, 0.6) is 5.75 Å². The zero-order valence-corrected chi connectivity index (χ0v) is 15.3. The SMILES string of the molecule is CCOP(=O)(OCC)Oc1ccc2c(c1)C(=O)CCC21CCCC1. The maximum Gasteiger partial charge on any atom is 0.530 e. The molecule has 0 heterocycles. The van der Waals surface area contributed by atoms with Gasteiger partial charge in [-0.1, -0.05) is 18.9 Å². The lowest BCUT2D eigenvalue weighted by atomic mass is 9.68. The molecule has 0 bridgehead atoms. The summed E-state index contributed by atoms with van der Waals surface area (Å²) in [7, 11) is -3.64. The summed E-state index contributed by atoms with van der Waals surface area (Å²) in [5.74, 6) is 0.498. The highest BCUT2D eigenvalue weighted by Crippen LogP contribution is 2.52. The Hall–Kier alpha value is -1.16. The first kappa shape index (κ1) is 17.7. The fourth-order valence-corrected chi connectivity index (χ4v) is 5.19. The van der Waals surface area contributed by atoms with E-state index in [1.165, 1.54) is 12.8 Å². The van der Waals surface area contributed by atoms with Gasteiger partial charge in [0.05, 0.1) is 13.2 Å². The highest BCUT2D eigenvalue weighted by Gasteiger charge is 2.41. The Morgan fingerprint density at radius 3 is 2.38 bits per heavy atom. The third kappa shape index (κ3) is 3.30. The highest BCUT2D eigenvalue weighted by molar-refractivity contribution is 7.48. The summed E-state index contributed by atoms with van der Waals surface area (Å²) >= 11 is 0. The summed E-state index contributed by atoms with van der Waals surface area (Å²) in [6, 6.07) is 5.46. The molecule has 1 fully saturated rings. The van der Waals surface area contributed by atoms with E-state index in [0.717, 1.165) is 24.8 Å². The predicted molar refractivity (Wildman–Crippen MR) is 91.6 cm³/mol. The third-order valence-corrected chi connectivity index (χ3v) is 6.63. The normalized spacial score (nSPS) is 19.5. The number of benzene rings is 1. The van der Waals surface area contributed by atoms with E-state index in [0.29, 0.717) is 17.7 Å². The molecule has 6 heteroatoms. The van der Waals surface area contributed by atoms with Crippen molar-refractivity contribution >= 4 is 13.6 Å². The molecule has 2 aliphatic rings. The smallest absolute Gasteiger partial charge is 0.404 e. The van der Waals surface area contributed by atoms with Crippen molar-refractivity contribution in [3.8, 4) is 5.75 Å². The maximum atomic E-state index is 12.5. The second kappa shape index (κ2) is 6.99. The van der Waals surface area contributed by atoms with Gasteiger partial charge in [-0.05, 0) is 56.2 Å². The van der Waals surface area contributed by atoms with Crippen LogP contribution in [0.4, 0.5) is 0 Å². The molecule has 0 aromatic heterocycles. The number of fused-ring (bicyclic) bond motifs is 2. The molecular weight excluding hydrogens is 327 g/mol. The highest BCUT2D eigenvalue weighted by atomic mass is 31.2. The van der Waals surface area contributed by atoms with Gasteiger partial charge in [-0.2, -0.15) is 0 Å². The maximum absolute atomic E-state index is 12.5. The summed E-state index contributed by atoms with van der Waals surface area (Å²) in [5, 5.41) is 0. The van der Waals surface area contributed by atoms with Gasteiger partial charge in [0, 0.05) is 12.0 Å². The van der Waals surface area contributed by atoms with E-state index in [1.807, 2.05) is 6.07 Å². The molecule has 0 aliphatic heterocycles. The molecule has 24 heavy (non-hydrogen) atoms. The minimum Gasteiger partial charge on any atom is -0.404 e. The van der Waals surface area contributed by atoms with Crippen LogP contribution in [0.3, 0.4) is 0 Å². The van der Waals surface area contributed by atoms with E-state index >= 15 is 0 Å². The monoisotopic (exact) mass is 352 g/mol. The fraction of sp³-hybridized carbons (Fsp3) is 0.611. The van der Waals surface area contributed by atoms with Crippen LogP contribution in [0, 0.1) is 0 Å². The third-order valence-electron chi connectivity index (χ3n) is 5.05. The van der Waals surface area contributed by atoms with Crippen LogP contribution < -0.4 is 4.52 Å². The molecule has 0 radical (unpaired) electrons. The van der Waals surface area contributed by atoms with E-state index in [2.05, 4.69) is 0 Å². The van der Waals surface area contributed by atoms with Gasteiger partial charge in [0.25, 0.3) is 0 Å². The molecule has 1 aromatic carbocycles. The number of rotatable bonds is 6. The van der Waals surface area contributed by atoms with Crippen molar-refractivity contribution in [1.82, 2.24) is 0 Å². The van der Waals surface area contributed by atoms with Gasteiger partial charge >= 0.3 is 7.82 Å². The van der Waals surface area contributed by atoms with Crippen molar-refractivity contribution in [3.63, 3.8) is 0 Å². The Kier molecular flexibility index (Phi) is 5.14. The van der Waals surface area contributed by atoms with E-state index in [4.69, 9.17) is 13.6 Å². The van der Waals surface area contributed by atoms with Crippen LogP contribution in [-0.4, -0.2) is 19.0 Å². The van der Waals surface area contributed by atoms with Gasteiger partial charge in [0.2, 0.25) is 0 Å². The average Bonchev–Trinajstić information content (AvgIpc) is 3.01. The molecular formula is C18H25O5P. The van der Waals surface area contributed by atoms with Crippen molar-refractivity contribution in [2.75, 3.05) is 13.2 Å². The quantitative estimate of drug-likeness (QED) is 0.672. The van der Waals surface area contributed by atoms with Crippen LogP contribution in [0.2, 0.25) is 0 Å². The van der Waals surface area contributed by atoms with Crippen molar-refractivity contribution in [2.24, 2.45) is 0 Å². The van der Waals surface area contributed by atoms with Gasteiger partial charge in [0.1, 0.15) is 5.75 Å². The Balaban J connectivity index is 1.91. The lowest BCUT2D eigenvalue weighted by molar-refractivity contribution is 0.0950. The van der Waals surface area contributed by atoms with Crippen molar-refractivity contribution < 1.29 is 22.9 Å². The zero-order chi connectivity index (χ0) is 17.2. The average molecular weight is 352 g/mol.